The van der Waals surface area contributed by atoms with Gasteiger partial charge in [0.1, 0.15) is 5.75 Å². The molecule has 3 rings (SSSR count). The zero-order valence-electron chi connectivity index (χ0n) is 10.8. The van der Waals surface area contributed by atoms with E-state index < -0.39 is 12.3 Å². The molecule has 0 amide bonds. The molecule has 0 aromatic heterocycles. The van der Waals surface area contributed by atoms with Crippen LogP contribution < -0.4 is 9.83 Å². The number of benzene rings is 2. The topological polar surface area (TPSA) is 69.4 Å². The Labute approximate surface area is 115 Å². The highest BCUT2D eigenvalue weighted by atomic mass is 31.2. The van der Waals surface area contributed by atoms with Crippen LogP contribution in [0.15, 0.2) is 42.5 Å². The monoisotopic (exact) mass is 289 g/mol. The average Bonchev–Trinajstić information content (AvgIpc) is 2.47. The Morgan fingerprint density at radius 3 is 2.65 bits per heavy atom. The Balaban J connectivity index is 2.29. The molecule has 1 atom stereocenters. The second-order valence-electron chi connectivity index (χ2n) is 4.54. The van der Waals surface area contributed by atoms with E-state index in [9.17, 15) is 14.7 Å². The minimum Gasteiger partial charge on any atom is -0.439 e. The number of rotatable bonds is 2. The molecule has 0 saturated carbocycles. The Kier molecular flexibility index (Phi) is 2.87. The molecule has 1 heterocycles. The average molecular weight is 289 g/mol. The predicted octanol–water partition coefficient (Wildman–Crippen LogP) is 3.58. The molecule has 2 aromatic rings. The fraction of sp³-hybridized carbons (Fsp3) is 0.143. The first-order chi connectivity index (χ1) is 9.55. The van der Waals surface area contributed by atoms with Crippen LogP contribution in [0.1, 0.15) is 6.92 Å². The summed E-state index contributed by atoms with van der Waals surface area (Å²) in [5.41, 5.74) is 1.37. The van der Waals surface area contributed by atoms with Crippen molar-refractivity contribution >= 4 is 18.4 Å². The lowest BCUT2D eigenvalue weighted by Gasteiger charge is -2.27. The van der Waals surface area contributed by atoms with Crippen LogP contribution in [0.3, 0.4) is 0 Å². The van der Waals surface area contributed by atoms with Crippen LogP contribution in [0.5, 0.6) is 5.75 Å². The lowest BCUT2D eigenvalue weighted by molar-refractivity contribution is -0.384. The molecule has 0 radical (unpaired) electrons. The maximum Gasteiger partial charge on any atom is 0.277 e. The van der Waals surface area contributed by atoms with Crippen molar-refractivity contribution in [3.05, 3.63) is 52.6 Å². The number of fused-ring (bicyclic) bond motifs is 3. The molecule has 0 N–H and O–H groups in total. The number of nitro groups is 1. The van der Waals surface area contributed by atoms with Gasteiger partial charge in [-0.15, -0.1) is 0 Å². The zero-order chi connectivity index (χ0) is 14.3. The van der Waals surface area contributed by atoms with Crippen molar-refractivity contribution in [2.24, 2.45) is 0 Å². The van der Waals surface area contributed by atoms with Crippen molar-refractivity contribution in [3.63, 3.8) is 0 Å². The molecule has 20 heavy (non-hydrogen) atoms. The summed E-state index contributed by atoms with van der Waals surface area (Å²) in [6.07, 6.45) is 0.389. The molecule has 1 aliphatic rings. The molecule has 0 spiro atoms. The van der Waals surface area contributed by atoms with Gasteiger partial charge in [-0.05, 0) is 17.7 Å². The van der Waals surface area contributed by atoms with Gasteiger partial charge in [0, 0.05) is 23.9 Å². The molecular formula is C14H12NO4P. The molecule has 6 heteroatoms. The van der Waals surface area contributed by atoms with E-state index in [0.29, 0.717) is 22.8 Å². The summed E-state index contributed by atoms with van der Waals surface area (Å²) in [5.74, 6) is 0.444. The highest BCUT2D eigenvalue weighted by Gasteiger charge is 2.34. The van der Waals surface area contributed by atoms with Crippen LogP contribution in [0.25, 0.3) is 11.1 Å². The summed E-state index contributed by atoms with van der Waals surface area (Å²) in [5, 5.41) is 11.5. The highest BCUT2D eigenvalue weighted by molar-refractivity contribution is 7.67. The third-order valence-electron chi connectivity index (χ3n) is 3.40. The quantitative estimate of drug-likeness (QED) is 0.481. The second-order valence-corrected chi connectivity index (χ2v) is 7.18. The van der Waals surface area contributed by atoms with Gasteiger partial charge in [0.15, 0.2) is 0 Å². The summed E-state index contributed by atoms with van der Waals surface area (Å²) in [4.78, 5) is 10.4. The number of nitro benzene ring substituents is 1. The molecule has 5 nitrogen and oxygen atoms in total. The van der Waals surface area contributed by atoms with Crippen molar-refractivity contribution < 1.29 is 14.0 Å². The maximum absolute atomic E-state index is 12.8. The smallest absolute Gasteiger partial charge is 0.277 e. The molecule has 102 valence electrons. The van der Waals surface area contributed by atoms with Gasteiger partial charge < -0.3 is 4.52 Å². The van der Waals surface area contributed by atoms with Gasteiger partial charge in [-0.25, -0.2) is 0 Å². The van der Waals surface area contributed by atoms with Gasteiger partial charge in [0.25, 0.3) is 13.1 Å². The van der Waals surface area contributed by atoms with Gasteiger partial charge >= 0.3 is 0 Å². The second kappa shape index (κ2) is 4.46. The normalized spacial score (nSPS) is 19.6. The maximum atomic E-state index is 12.8. The Bertz CT molecular complexity index is 757. The fourth-order valence-electron chi connectivity index (χ4n) is 2.36. The standard InChI is InChI=1S/C14H12NO4P/c1-2-20(18)14-6-4-3-5-11(14)12-9-10(15(16)17)7-8-13(12)19-20/h3-9H,2H2,1H3. The Morgan fingerprint density at radius 1 is 1.20 bits per heavy atom. The molecule has 2 aromatic carbocycles. The van der Waals surface area contributed by atoms with Crippen molar-refractivity contribution in [2.75, 3.05) is 6.16 Å². The van der Waals surface area contributed by atoms with Crippen LogP contribution >= 0.6 is 7.37 Å². The van der Waals surface area contributed by atoms with Gasteiger partial charge in [-0.2, -0.15) is 0 Å². The molecule has 1 aliphatic heterocycles. The fourth-order valence-corrected chi connectivity index (χ4v) is 4.28. The third-order valence-corrected chi connectivity index (χ3v) is 5.85. The first kappa shape index (κ1) is 12.9. The first-order valence-corrected chi connectivity index (χ1v) is 8.03. The van der Waals surface area contributed by atoms with Crippen LogP contribution in [-0.2, 0) is 4.57 Å². The molecule has 0 fully saturated rings. The van der Waals surface area contributed by atoms with Gasteiger partial charge in [-0.3, -0.25) is 14.7 Å². The van der Waals surface area contributed by atoms with Crippen LogP contribution in [0, 0.1) is 10.1 Å². The van der Waals surface area contributed by atoms with E-state index in [1.54, 1.807) is 12.1 Å². The van der Waals surface area contributed by atoms with E-state index >= 15 is 0 Å². The minimum absolute atomic E-state index is 0.00427. The van der Waals surface area contributed by atoms with Gasteiger partial charge in [0.05, 0.1) is 10.2 Å². The lowest BCUT2D eigenvalue weighted by atomic mass is 10.0. The SMILES string of the molecule is CCP1(=O)Oc2ccc([N+](=O)[O-])cc2-c2ccccc21. The number of non-ortho nitro benzene ring substituents is 1. The largest absolute Gasteiger partial charge is 0.439 e. The Morgan fingerprint density at radius 2 is 1.95 bits per heavy atom. The molecular weight excluding hydrogens is 277 g/mol. The summed E-state index contributed by atoms with van der Waals surface area (Å²) in [7, 11) is -2.93. The van der Waals surface area contributed by atoms with Crippen molar-refractivity contribution in [1.82, 2.24) is 0 Å². The minimum atomic E-state index is -2.93. The number of hydrogen-bond donors (Lipinski definition) is 0. The summed E-state index contributed by atoms with van der Waals surface area (Å²) >= 11 is 0. The number of nitrogens with zero attached hydrogens (tertiary/aromatic N) is 1. The first-order valence-electron chi connectivity index (χ1n) is 6.22. The van der Waals surface area contributed by atoms with Gasteiger partial charge in [-0.1, -0.05) is 25.1 Å². The molecule has 0 aliphatic carbocycles. The van der Waals surface area contributed by atoms with E-state index in [0.717, 1.165) is 5.56 Å². The van der Waals surface area contributed by atoms with Crippen molar-refractivity contribution in [1.29, 1.82) is 0 Å². The third kappa shape index (κ3) is 1.82. The van der Waals surface area contributed by atoms with E-state index in [-0.39, 0.29) is 5.69 Å². The van der Waals surface area contributed by atoms with Crippen LogP contribution in [0.4, 0.5) is 5.69 Å². The van der Waals surface area contributed by atoms with E-state index in [1.807, 2.05) is 19.1 Å². The lowest BCUT2D eigenvalue weighted by Crippen LogP contribution is -2.18. The molecule has 0 bridgehead atoms. The van der Waals surface area contributed by atoms with Crippen LogP contribution in [0.2, 0.25) is 0 Å². The van der Waals surface area contributed by atoms with Crippen LogP contribution in [-0.4, -0.2) is 11.1 Å². The van der Waals surface area contributed by atoms with Gasteiger partial charge in [0.2, 0.25) is 0 Å². The summed E-state index contributed by atoms with van der Waals surface area (Å²) < 4.78 is 18.5. The molecule has 0 saturated heterocycles. The van der Waals surface area contributed by atoms with E-state index in [1.165, 1.54) is 18.2 Å². The highest BCUT2D eigenvalue weighted by Crippen LogP contribution is 2.54. The summed E-state index contributed by atoms with van der Waals surface area (Å²) in [6, 6.07) is 11.6. The summed E-state index contributed by atoms with van der Waals surface area (Å²) in [6.45, 7) is 1.81. The predicted molar refractivity (Wildman–Crippen MR) is 76.9 cm³/mol. The number of hydrogen-bond acceptors (Lipinski definition) is 4. The van der Waals surface area contributed by atoms with Crippen molar-refractivity contribution in [2.45, 2.75) is 6.92 Å². The van der Waals surface area contributed by atoms with Crippen molar-refractivity contribution in [3.8, 4) is 16.9 Å². The Hall–Kier alpha value is -2.13. The van der Waals surface area contributed by atoms with E-state index in [2.05, 4.69) is 0 Å². The molecule has 1 unspecified atom stereocenters. The van der Waals surface area contributed by atoms with E-state index in [4.69, 9.17) is 4.52 Å². The zero-order valence-corrected chi connectivity index (χ0v) is 11.7.